The molecule has 0 aliphatic carbocycles. The van der Waals surface area contributed by atoms with Crippen molar-refractivity contribution in [3.8, 4) is 16.9 Å². The number of carbonyl (C=O) groups excluding carboxylic acids is 2. The number of amides is 1. The molecule has 4 aromatic rings. The summed E-state index contributed by atoms with van der Waals surface area (Å²) >= 11 is 1.41. The van der Waals surface area contributed by atoms with E-state index in [1.807, 2.05) is 17.5 Å². The number of ether oxygens (including phenoxy) is 1. The van der Waals surface area contributed by atoms with Gasteiger partial charge in [-0.1, -0.05) is 31.2 Å². The Balaban J connectivity index is 1.48. The second kappa shape index (κ2) is 8.29. The Kier molecular flexibility index (Phi) is 5.30. The second-order valence-electron chi connectivity index (χ2n) is 7.90. The molecule has 0 unspecified atom stereocenters. The third-order valence-electron chi connectivity index (χ3n) is 5.92. The highest BCUT2D eigenvalue weighted by molar-refractivity contribution is 7.17. The lowest BCUT2D eigenvalue weighted by atomic mass is 10.0. The maximum Gasteiger partial charge on any atom is 0.264 e. The minimum Gasteiger partial charge on any atom is -0.482 e. The van der Waals surface area contributed by atoms with Crippen LogP contribution >= 0.6 is 11.3 Å². The fourth-order valence-electron chi connectivity index (χ4n) is 3.90. The Labute approximate surface area is 193 Å². The summed E-state index contributed by atoms with van der Waals surface area (Å²) in [6.45, 7) is 1.92. The molecule has 0 fully saturated rings. The molecule has 0 atom stereocenters. The number of carbonyl (C=O) groups is 2. The Bertz CT molecular complexity index is 1450. The van der Waals surface area contributed by atoms with Crippen LogP contribution in [0.5, 0.6) is 5.75 Å². The number of hydrogen-bond acceptors (Lipinski definition) is 6. The lowest BCUT2D eigenvalue weighted by molar-refractivity contribution is -0.120. The largest absolute Gasteiger partial charge is 0.482 e. The summed E-state index contributed by atoms with van der Waals surface area (Å²) in [7, 11) is 1.64. The fraction of sp³-hybridized carbons (Fsp3) is 0.200. The van der Waals surface area contributed by atoms with Gasteiger partial charge < -0.3 is 9.64 Å². The number of likely N-dealkylation sites (N-methyl/N-ethyl adjacent to an activating group) is 1. The van der Waals surface area contributed by atoms with Gasteiger partial charge in [-0.25, -0.2) is 4.98 Å². The van der Waals surface area contributed by atoms with E-state index in [9.17, 15) is 14.4 Å². The topological polar surface area (TPSA) is 81.5 Å². The van der Waals surface area contributed by atoms with Crippen LogP contribution in [0.2, 0.25) is 0 Å². The molecule has 7 nitrogen and oxygen atoms in total. The van der Waals surface area contributed by atoms with Crippen LogP contribution in [0.25, 0.3) is 21.3 Å². The molecule has 0 spiro atoms. The predicted octanol–water partition coefficient (Wildman–Crippen LogP) is 3.93. The number of thiophene rings is 1. The van der Waals surface area contributed by atoms with E-state index in [1.54, 1.807) is 25.2 Å². The number of aryl methyl sites for hydroxylation is 1. The van der Waals surface area contributed by atoms with Gasteiger partial charge in [0, 0.05) is 23.6 Å². The van der Waals surface area contributed by atoms with E-state index in [1.165, 1.54) is 32.7 Å². The summed E-state index contributed by atoms with van der Waals surface area (Å²) in [6.07, 6.45) is 2.36. The minimum atomic E-state index is -0.253. The summed E-state index contributed by atoms with van der Waals surface area (Å²) in [5, 5.41) is 2.45. The van der Waals surface area contributed by atoms with Gasteiger partial charge in [0.1, 0.15) is 10.6 Å². The SMILES string of the molecule is CCc1ccc(-c2csc3ncn(CC(=O)c4ccc5c(c4)N(C)C(=O)CO5)c(=O)c23)cc1. The molecule has 2 aromatic heterocycles. The molecule has 3 heterocycles. The highest BCUT2D eigenvalue weighted by Crippen LogP contribution is 2.33. The number of aromatic nitrogens is 2. The van der Waals surface area contributed by atoms with Gasteiger partial charge in [0.15, 0.2) is 12.4 Å². The summed E-state index contributed by atoms with van der Waals surface area (Å²) < 4.78 is 6.76. The van der Waals surface area contributed by atoms with Gasteiger partial charge in [0.05, 0.1) is 23.9 Å². The molecule has 5 rings (SSSR count). The van der Waals surface area contributed by atoms with Crippen LogP contribution in [0, 0.1) is 0 Å². The average Bonchev–Trinajstić information content (AvgIpc) is 3.28. The van der Waals surface area contributed by atoms with Crippen molar-refractivity contribution in [3.63, 3.8) is 0 Å². The zero-order valence-electron chi connectivity index (χ0n) is 18.2. The van der Waals surface area contributed by atoms with Crippen molar-refractivity contribution in [2.75, 3.05) is 18.6 Å². The van der Waals surface area contributed by atoms with Crippen molar-refractivity contribution in [2.24, 2.45) is 0 Å². The number of fused-ring (bicyclic) bond motifs is 2. The molecule has 166 valence electrons. The van der Waals surface area contributed by atoms with Crippen molar-refractivity contribution < 1.29 is 14.3 Å². The van der Waals surface area contributed by atoms with E-state index in [4.69, 9.17) is 4.74 Å². The zero-order valence-corrected chi connectivity index (χ0v) is 19.0. The third kappa shape index (κ3) is 3.72. The Morgan fingerprint density at radius 3 is 2.70 bits per heavy atom. The Morgan fingerprint density at radius 1 is 1.15 bits per heavy atom. The fourth-order valence-corrected chi connectivity index (χ4v) is 4.81. The van der Waals surface area contributed by atoms with Crippen molar-refractivity contribution in [1.29, 1.82) is 0 Å². The highest BCUT2D eigenvalue weighted by atomic mass is 32.1. The number of benzene rings is 2. The van der Waals surface area contributed by atoms with Gasteiger partial charge in [-0.05, 0) is 35.7 Å². The zero-order chi connectivity index (χ0) is 23.1. The van der Waals surface area contributed by atoms with Gasteiger partial charge in [0.2, 0.25) is 0 Å². The summed E-state index contributed by atoms with van der Waals surface area (Å²) in [4.78, 5) is 44.8. The molecule has 1 aliphatic rings. The predicted molar refractivity (Wildman–Crippen MR) is 128 cm³/mol. The molecule has 2 aromatic carbocycles. The van der Waals surface area contributed by atoms with Crippen molar-refractivity contribution >= 4 is 38.9 Å². The van der Waals surface area contributed by atoms with E-state index in [0.717, 1.165) is 17.5 Å². The van der Waals surface area contributed by atoms with Gasteiger partial charge in [-0.15, -0.1) is 11.3 Å². The molecule has 8 heteroatoms. The van der Waals surface area contributed by atoms with Gasteiger partial charge >= 0.3 is 0 Å². The van der Waals surface area contributed by atoms with E-state index in [2.05, 4.69) is 24.0 Å². The third-order valence-corrected chi connectivity index (χ3v) is 6.80. The molecule has 0 saturated carbocycles. The van der Waals surface area contributed by atoms with Crippen molar-refractivity contribution in [2.45, 2.75) is 19.9 Å². The number of nitrogens with zero attached hydrogens (tertiary/aromatic N) is 3. The first kappa shape index (κ1) is 21.1. The molecule has 0 saturated heterocycles. The molecule has 0 N–H and O–H groups in total. The highest BCUT2D eigenvalue weighted by Gasteiger charge is 2.24. The first-order valence-corrected chi connectivity index (χ1v) is 11.5. The van der Waals surface area contributed by atoms with E-state index >= 15 is 0 Å². The van der Waals surface area contributed by atoms with Gasteiger partial charge in [0.25, 0.3) is 11.5 Å². The first-order chi connectivity index (χ1) is 16.0. The Hall–Kier alpha value is -3.78. The quantitative estimate of drug-likeness (QED) is 0.423. The lowest BCUT2D eigenvalue weighted by Crippen LogP contribution is -2.35. The summed E-state index contributed by atoms with van der Waals surface area (Å²) in [6, 6.07) is 13.1. The second-order valence-corrected chi connectivity index (χ2v) is 8.76. The molecule has 1 aliphatic heterocycles. The number of Topliss-reactive ketones (excluding diaryl/α,β-unsaturated/α-hetero) is 1. The summed E-state index contributed by atoms with van der Waals surface area (Å²) in [5.41, 5.74) is 3.67. The molecule has 33 heavy (non-hydrogen) atoms. The average molecular weight is 460 g/mol. The number of ketones is 1. The van der Waals surface area contributed by atoms with Crippen LogP contribution in [-0.2, 0) is 17.8 Å². The van der Waals surface area contributed by atoms with E-state index in [-0.39, 0.29) is 30.4 Å². The van der Waals surface area contributed by atoms with Crippen LogP contribution in [0.4, 0.5) is 5.69 Å². The van der Waals surface area contributed by atoms with Gasteiger partial charge in [-0.2, -0.15) is 0 Å². The first-order valence-electron chi connectivity index (χ1n) is 10.6. The minimum absolute atomic E-state index is 0.0258. The molecule has 0 radical (unpaired) electrons. The van der Waals surface area contributed by atoms with Crippen molar-refractivity contribution in [1.82, 2.24) is 9.55 Å². The number of anilines is 1. The van der Waals surface area contributed by atoms with Crippen LogP contribution < -0.4 is 15.2 Å². The van der Waals surface area contributed by atoms with Crippen LogP contribution in [-0.4, -0.2) is 34.9 Å². The van der Waals surface area contributed by atoms with E-state index in [0.29, 0.717) is 27.2 Å². The van der Waals surface area contributed by atoms with Gasteiger partial charge in [-0.3, -0.25) is 19.0 Å². The number of hydrogen-bond donors (Lipinski definition) is 0. The van der Waals surface area contributed by atoms with Crippen LogP contribution in [0.1, 0.15) is 22.8 Å². The summed E-state index contributed by atoms with van der Waals surface area (Å²) in [5.74, 6) is 0.109. The monoisotopic (exact) mass is 459 g/mol. The lowest BCUT2D eigenvalue weighted by Gasteiger charge is -2.26. The van der Waals surface area contributed by atoms with E-state index < -0.39 is 0 Å². The van der Waals surface area contributed by atoms with Crippen molar-refractivity contribution in [3.05, 3.63) is 75.7 Å². The molecular weight excluding hydrogens is 438 g/mol. The standard InChI is InChI=1S/C25H21N3O4S/c1-3-15-4-6-16(7-5-15)18-13-33-24-23(18)25(31)28(14-26-24)11-20(29)17-8-9-21-19(10-17)27(2)22(30)12-32-21/h4-10,13-14H,3,11-12H2,1-2H3. The normalized spacial score (nSPS) is 13.2. The van der Waals surface area contributed by atoms with Crippen LogP contribution in [0.3, 0.4) is 0 Å². The smallest absolute Gasteiger partial charge is 0.264 e. The maximum absolute atomic E-state index is 13.3. The maximum atomic E-state index is 13.3. The molecular formula is C25H21N3O4S. The number of rotatable bonds is 5. The molecule has 1 amide bonds. The van der Waals surface area contributed by atoms with Crippen LogP contribution in [0.15, 0.2) is 59.0 Å². The molecule has 0 bridgehead atoms. The Morgan fingerprint density at radius 2 is 1.94 bits per heavy atom.